The molecule has 6 nitrogen and oxygen atoms in total. The topological polar surface area (TPSA) is 87.1 Å². The molecule has 0 bridgehead atoms. The summed E-state index contributed by atoms with van der Waals surface area (Å²) in [7, 11) is 0. The second-order valence-corrected chi connectivity index (χ2v) is 6.78. The Labute approximate surface area is 140 Å². The molecule has 124 valence electrons. The molecule has 7 heteroatoms. The van der Waals surface area contributed by atoms with Crippen LogP contribution in [0, 0.1) is 5.92 Å². The largest absolute Gasteiger partial charge is 0.391 e. The van der Waals surface area contributed by atoms with Crippen molar-refractivity contribution in [2.45, 2.75) is 32.9 Å². The maximum atomic E-state index is 11.7. The molecule has 0 aliphatic rings. The Morgan fingerprint density at radius 2 is 1.96 bits per heavy atom. The van der Waals surface area contributed by atoms with E-state index in [1.807, 2.05) is 44.2 Å². The number of aliphatic hydroxyl groups is 1. The van der Waals surface area contributed by atoms with Crippen LogP contribution in [0.3, 0.4) is 0 Å². The second kappa shape index (κ2) is 8.59. The summed E-state index contributed by atoms with van der Waals surface area (Å²) in [5, 5.41) is 24.9. The quantitative estimate of drug-likeness (QED) is 0.726. The summed E-state index contributed by atoms with van der Waals surface area (Å²) >= 11 is 1.45. The van der Waals surface area contributed by atoms with Gasteiger partial charge in [0.25, 0.3) is 0 Å². The lowest BCUT2D eigenvalue weighted by Gasteiger charge is -2.13. The molecule has 0 spiro atoms. The van der Waals surface area contributed by atoms with E-state index in [-0.39, 0.29) is 12.6 Å². The monoisotopic (exact) mass is 334 g/mol. The van der Waals surface area contributed by atoms with Crippen LogP contribution in [0.2, 0.25) is 0 Å². The fourth-order valence-corrected chi connectivity index (χ4v) is 2.86. The van der Waals surface area contributed by atoms with Crippen LogP contribution in [-0.2, 0) is 6.54 Å². The number of hydrogen-bond donors (Lipinski definition) is 3. The summed E-state index contributed by atoms with van der Waals surface area (Å²) in [6.45, 7) is 4.62. The van der Waals surface area contributed by atoms with Crippen LogP contribution in [-0.4, -0.2) is 34.0 Å². The molecule has 0 radical (unpaired) electrons. The molecular formula is C16H22N4O2S. The van der Waals surface area contributed by atoms with Gasteiger partial charge in [-0.3, -0.25) is 0 Å². The van der Waals surface area contributed by atoms with Gasteiger partial charge >= 0.3 is 6.03 Å². The number of nitrogens with zero attached hydrogens (tertiary/aromatic N) is 2. The van der Waals surface area contributed by atoms with Gasteiger partial charge in [-0.1, -0.05) is 55.5 Å². The fraction of sp³-hybridized carbons (Fsp3) is 0.438. The third kappa shape index (κ3) is 5.96. The van der Waals surface area contributed by atoms with Crippen LogP contribution in [0.25, 0.3) is 10.6 Å². The molecule has 0 aliphatic carbocycles. The molecule has 2 rings (SSSR count). The zero-order chi connectivity index (χ0) is 16.7. The highest BCUT2D eigenvalue weighted by molar-refractivity contribution is 7.14. The Morgan fingerprint density at radius 1 is 1.22 bits per heavy atom. The number of amides is 2. The molecule has 1 atom stereocenters. The maximum Gasteiger partial charge on any atom is 0.315 e. The normalized spacial score (nSPS) is 12.2. The number of nitrogens with one attached hydrogen (secondary N) is 2. The van der Waals surface area contributed by atoms with Gasteiger partial charge in [-0.2, -0.15) is 0 Å². The van der Waals surface area contributed by atoms with Crippen LogP contribution in [0.1, 0.15) is 25.3 Å². The van der Waals surface area contributed by atoms with E-state index in [0.29, 0.717) is 18.9 Å². The molecular weight excluding hydrogens is 312 g/mol. The molecule has 1 unspecified atom stereocenters. The predicted molar refractivity (Wildman–Crippen MR) is 91.0 cm³/mol. The maximum absolute atomic E-state index is 11.7. The third-order valence-corrected chi connectivity index (χ3v) is 4.10. The van der Waals surface area contributed by atoms with E-state index in [2.05, 4.69) is 20.8 Å². The van der Waals surface area contributed by atoms with Gasteiger partial charge in [-0.25, -0.2) is 4.79 Å². The van der Waals surface area contributed by atoms with Crippen molar-refractivity contribution in [2.75, 3.05) is 6.54 Å². The van der Waals surface area contributed by atoms with Crippen molar-refractivity contribution < 1.29 is 9.90 Å². The van der Waals surface area contributed by atoms with Crippen LogP contribution >= 0.6 is 11.3 Å². The first kappa shape index (κ1) is 17.4. The molecule has 23 heavy (non-hydrogen) atoms. The summed E-state index contributed by atoms with van der Waals surface area (Å²) in [6, 6.07) is 9.48. The van der Waals surface area contributed by atoms with Crippen molar-refractivity contribution in [1.82, 2.24) is 20.8 Å². The van der Waals surface area contributed by atoms with E-state index >= 15 is 0 Å². The Bertz CT molecular complexity index is 616. The van der Waals surface area contributed by atoms with Crippen molar-refractivity contribution in [2.24, 2.45) is 5.92 Å². The molecule has 0 saturated carbocycles. The Balaban J connectivity index is 1.76. The van der Waals surface area contributed by atoms with Gasteiger partial charge < -0.3 is 15.7 Å². The van der Waals surface area contributed by atoms with Crippen molar-refractivity contribution in [1.29, 1.82) is 0 Å². The molecule has 0 saturated heterocycles. The number of hydrogen-bond acceptors (Lipinski definition) is 5. The summed E-state index contributed by atoms with van der Waals surface area (Å²) in [4.78, 5) is 11.7. The van der Waals surface area contributed by atoms with Gasteiger partial charge in [0.1, 0.15) is 10.0 Å². The van der Waals surface area contributed by atoms with Crippen LogP contribution in [0.5, 0.6) is 0 Å². The molecule has 0 fully saturated rings. The first-order chi connectivity index (χ1) is 11.0. The van der Waals surface area contributed by atoms with Crippen molar-refractivity contribution >= 4 is 17.4 Å². The third-order valence-electron chi connectivity index (χ3n) is 3.13. The minimum absolute atomic E-state index is 0.245. The Hall–Kier alpha value is -1.99. The van der Waals surface area contributed by atoms with Gasteiger partial charge in [0.2, 0.25) is 0 Å². The SMILES string of the molecule is CC(C)CC(O)CNC(=O)NCc1nnc(-c2ccccc2)s1. The van der Waals surface area contributed by atoms with Crippen molar-refractivity contribution in [3.05, 3.63) is 35.3 Å². The summed E-state index contributed by atoms with van der Waals surface area (Å²) in [5.41, 5.74) is 1.01. The van der Waals surface area contributed by atoms with Crippen LogP contribution in [0.15, 0.2) is 30.3 Å². The smallest absolute Gasteiger partial charge is 0.315 e. The van der Waals surface area contributed by atoms with Gasteiger partial charge in [0.15, 0.2) is 0 Å². The van der Waals surface area contributed by atoms with Gasteiger partial charge in [0, 0.05) is 12.1 Å². The zero-order valence-corrected chi connectivity index (χ0v) is 14.1. The highest BCUT2D eigenvalue weighted by atomic mass is 32.1. The van der Waals surface area contributed by atoms with E-state index < -0.39 is 6.10 Å². The fourth-order valence-electron chi connectivity index (χ4n) is 2.08. The van der Waals surface area contributed by atoms with Crippen molar-refractivity contribution in [3.63, 3.8) is 0 Å². The number of aromatic nitrogens is 2. The lowest BCUT2D eigenvalue weighted by molar-refractivity contribution is 0.147. The molecule has 1 aromatic heterocycles. The number of carbonyl (C=O) groups is 1. The molecule has 1 aromatic carbocycles. The summed E-state index contributed by atoms with van der Waals surface area (Å²) in [6.07, 6.45) is 0.142. The van der Waals surface area contributed by atoms with Crippen LogP contribution < -0.4 is 10.6 Å². The summed E-state index contributed by atoms with van der Waals surface area (Å²) in [5.74, 6) is 0.396. The number of benzene rings is 1. The zero-order valence-electron chi connectivity index (χ0n) is 13.3. The van der Waals surface area contributed by atoms with E-state index in [9.17, 15) is 9.90 Å². The summed E-state index contributed by atoms with van der Waals surface area (Å²) < 4.78 is 0. The standard InChI is InChI=1S/C16H22N4O2S/c1-11(2)8-13(21)9-17-16(22)18-10-14-19-20-15(23-14)12-6-4-3-5-7-12/h3-7,11,13,21H,8-10H2,1-2H3,(H2,17,18,22). The lowest BCUT2D eigenvalue weighted by Crippen LogP contribution is -2.39. The van der Waals surface area contributed by atoms with Crippen LogP contribution in [0.4, 0.5) is 4.79 Å². The highest BCUT2D eigenvalue weighted by Gasteiger charge is 2.10. The second-order valence-electron chi connectivity index (χ2n) is 5.71. The van der Waals surface area contributed by atoms with Gasteiger partial charge in [-0.05, 0) is 12.3 Å². The molecule has 2 amide bonds. The highest BCUT2D eigenvalue weighted by Crippen LogP contribution is 2.22. The average Bonchev–Trinajstić information content (AvgIpc) is 3.00. The van der Waals surface area contributed by atoms with Crippen molar-refractivity contribution in [3.8, 4) is 10.6 Å². The Morgan fingerprint density at radius 3 is 2.65 bits per heavy atom. The first-order valence-corrected chi connectivity index (χ1v) is 8.44. The molecule has 3 N–H and O–H groups in total. The average molecular weight is 334 g/mol. The van der Waals surface area contributed by atoms with E-state index in [1.165, 1.54) is 11.3 Å². The Kier molecular flexibility index (Phi) is 6.49. The number of aliphatic hydroxyl groups excluding tert-OH is 1. The molecule has 0 aliphatic heterocycles. The first-order valence-electron chi connectivity index (χ1n) is 7.62. The number of carbonyl (C=O) groups excluding carboxylic acids is 1. The lowest BCUT2D eigenvalue weighted by atomic mass is 10.1. The van der Waals surface area contributed by atoms with Gasteiger partial charge in [0.05, 0.1) is 12.6 Å². The van der Waals surface area contributed by atoms with E-state index in [1.54, 1.807) is 0 Å². The van der Waals surface area contributed by atoms with E-state index in [0.717, 1.165) is 15.6 Å². The number of urea groups is 1. The molecule has 2 aromatic rings. The minimum atomic E-state index is -0.521. The molecule has 1 heterocycles. The van der Waals surface area contributed by atoms with Gasteiger partial charge in [-0.15, -0.1) is 10.2 Å². The number of rotatable bonds is 7. The minimum Gasteiger partial charge on any atom is -0.391 e. The predicted octanol–water partition coefficient (Wildman–Crippen LogP) is 2.41. The van der Waals surface area contributed by atoms with E-state index in [4.69, 9.17) is 0 Å².